The summed E-state index contributed by atoms with van der Waals surface area (Å²) in [7, 11) is 0. The van der Waals surface area contributed by atoms with E-state index in [1.54, 1.807) is 0 Å². The standard InChI is InChI=1S/C8H16O.C2H6/c1-8(6-7-9)4-2-3-5-8;1-2/h9H,2-7H2,1H3;1-2H3. The Morgan fingerprint density at radius 2 is 1.64 bits per heavy atom. The smallest absolute Gasteiger partial charge is 0.0436 e. The Labute approximate surface area is 70.8 Å². The second-order valence-corrected chi connectivity index (χ2v) is 3.49. The summed E-state index contributed by atoms with van der Waals surface area (Å²) in [6.07, 6.45) is 6.40. The largest absolute Gasteiger partial charge is 0.396 e. The topological polar surface area (TPSA) is 20.2 Å². The summed E-state index contributed by atoms with van der Waals surface area (Å²) < 4.78 is 0. The van der Waals surface area contributed by atoms with Crippen LogP contribution in [0.15, 0.2) is 0 Å². The minimum Gasteiger partial charge on any atom is -0.396 e. The van der Waals surface area contributed by atoms with Gasteiger partial charge in [-0.3, -0.25) is 0 Å². The highest BCUT2D eigenvalue weighted by Gasteiger charge is 2.27. The molecule has 0 heterocycles. The summed E-state index contributed by atoms with van der Waals surface area (Å²) >= 11 is 0. The molecule has 1 aliphatic rings. The van der Waals surface area contributed by atoms with Crippen LogP contribution in [0.5, 0.6) is 0 Å². The zero-order valence-electron chi connectivity index (χ0n) is 8.19. The first kappa shape index (κ1) is 11.0. The monoisotopic (exact) mass is 158 g/mol. The third-order valence-electron chi connectivity index (χ3n) is 2.53. The van der Waals surface area contributed by atoms with Crippen molar-refractivity contribution in [3.8, 4) is 0 Å². The zero-order chi connectivity index (χ0) is 8.74. The van der Waals surface area contributed by atoms with Gasteiger partial charge in [0, 0.05) is 6.61 Å². The summed E-state index contributed by atoms with van der Waals surface area (Å²) in [6.45, 7) is 6.66. The van der Waals surface area contributed by atoms with Crippen LogP contribution in [0.25, 0.3) is 0 Å². The average molecular weight is 158 g/mol. The molecule has 1 saturated carbocycles. The fourth-order valence-electron chi connectivity index (χ4n) is 1.75. The van der Waals surface area contributed by atoms with E-state index in [1.165, 1.54) is 25.7 Å². The third-order valence-corrected chi connectivity index (χ3v) is 2.53. The molecule has 1 heteroatoms. The summed E-state index contributed by atoms with van der Waals surface area (Å²) in [5, 5.41) is 8.69. The van der Waals surface area contributed by atoms with E-state index in [9.17, 15) is 0 Å². The van der Waals surface area contributed by atoms with E-state index < -0.39 is 0 Å². The number of aliphatic hydroxyl groups excluding tert-OH is 1. The van der Waals surface area contributed by atoms with Crippen molar-refractivity contribution in [1.82, 2.24) is 0 Å². The Kier molecular flexibility index (Phi) is 5.57. The van der Waals surface area contributed by atoms with Crippen molar-refractivity contribution in [2.24, 2.45) is 5.41 Å². The zero-order valence-corrected chi connectivity index (χ0v) is 8.19. The first-order valence-electron chi connectivity index (χ1n) is 4.88. The van der Waals surface area contributed by atoms with Gasteiger partial charge in [0.25, 0.3) is 0 Å². The lowest BCUT2D eigenvalue weighted by molar-refractivity contribution is 0.201. The molecular formula is C10H22O. The van der Waals surface area contributed by atoms with Crippen molar-refractivity contribution in [1.29, 1.82) is 0 Å². The van der Waals surface area contributed by atoms with Crippen molar-refractivity contribution in [2.45, 2.75) is 52.9 Å². The quantitative estimate of drug-likeness (QED) is 0.655. The fourth-order valence-corrected chi connectivity index (χ4v) is 1.75. The molecule has 0 saturated heterocycles. The molecule has 1 rings (SSSR count). The van der Waals surface area contributed by atoms with E-state index in [2.05, 4.69) is 6.92 Å². The Bertz CT molecular complexity index is 82.9. The van der Waals surface area contributed by atoms with Gasteiger partial charge in [-0.1, -0.05) is 33.6 Å². The predicted octanol–water partition coefficient (Wildman–Crippen LogP) is 2.98. The van der Waals surface area contributed by atoms with E-state index in [-0.39, 0.29) is 0 Å². The van der Waals surface area contributed by atoms with Crippen LogP contribution in [0.2, 0.25) is 0 Å². The average Bonchev–Trinajstić information content (AvgIpc) is 2.41. The van der Waals surface area contributed by atoms with Crippen LogP contribution in [-0.4, -0.2) is 11.7 Å². The summed E-state index contributed by atoms with van der Waals surface area (Å²) in [5.74, 6) is 0. The van der Waals surface area contributed by atoms with E-state index in [1.807, 2.05) is 13.8 Å². The van der Waals surface area contributed by atoms with Crippen LogP contribution >= 0.6 is 0 Å². The van der Waals surface area contributed by atoms with Crippen molar-refractivity contribution in [3.63, 3.8) is 0 Å². The van der Waals surface area contributed by atoms with Crippen LogP contribution in [-0.2, 0) is 0 Å². The Morgan fingerprint density at radius 3 is 2.00 bits per heavy atom. The second kappa shape index (κ2) is 5.59. The molecule has 0 spiro atoms. The van der Waals surface area contributed by atoms with Gasteiger partial charge in [-0.15, -0.1) is 0 Å². The molecule has 0 aromatic heterocycles. The maximum Gasteiger partial charge on any atom is 0.0436 e. The van der Waals surface area contributed by atoms with Crippen LogP contribution in [0.4, 0.5) is 0 Å². The Balaban J connectivity index is 0.000000461. The molecule has 11 heavy (non-hydrogen) atoms. The Hall–Kier alpha value is -0.0400. The summed E-state index contributed by atoms with van der Waals surface area (Å²) in [4.78, 5) is 0. The molecule has 0 atom stereocenters. The lowest BCUT2D eigenvalue weighted by Crippen LogP contribution is -2.12. The third kappa shape index (κ3) is 3.76. The van der Waals surface area contributed by atoms with Gasteiger partial charge in [0.15, 0.2) is 0 Å². The molecule has 0 aliphatic heterocycles. The van der Waals surface area contributed by atoms with Gasteiger partial charge in [0.1, 0.15) is 0 Å². The van der Waals surface area contributed by atoms with Crippen molar-refractivity contribution in [2.75, 3.05) is 6.61 Å². The molecule has 68 valence electrons. The molecule has 1 fully saturated rings. The molecule has 1 N–H and O–H groups in total. The van der Waals surface area contributed by atoms with Crippen molar-refractivity contribution < 1.29 is 5.11 Å². The highest BCUT2D eigenvalue weighted by Crippen LogP contribution is 2.39. The van der Waals surface area contributed by atoms with Crippen LogP contribution in [0.3, 0.4) is 0 Å². The molecule has 0 bridgehead atoms. The van der Waals surface area contributed by atoms with Crippen molar-refractivity contribution >= 4 is 0 Å². The summed E-state index contributed by atoms with van der Waals surface area (Å²) in [5.41, 5.74) is 0.495. The van der Waals surface area contributed by atoms with Gasteiger partial charge in [-0.05, 0) is 24.7 Å². The normalized spacial score (nSPS) is 20.7. The molecule has 0 radical (unpaired) electrons. The number of hydrogen-bond acceptors (Lipinski definition) is 1. The summed E-state index contributed by atoms with van der Waals surface area (Å²) in [6, 6.07) is 0. The highest BCUT2D eigenvalue weighted by molar-refractivity contribution is 4.79. The second-order valence-electron chi connectivity index (χ2n) is 3.49. The van der Waals surface area contributed by atoms with Gasteiger partial charge in [0.2, 0.25) is 0 Å². The molecule has 0 aromatic carbocycles. The first-order chi connectivity index (χ1) is 5.27. The van der Waals surface area contributed by atoms with Crippen LogP contribution < -0.4 is 0 Å². The fraction of sp³-hybridized carbons (Fsp3) is 1.00. The van der Waals surface area contributed by atoms with E-state index in [0.29, 0.717) is 12.0 Å². The molecule has 1 nitrogen and oxygen atoms in total. The number of aliphatic hydroxyl groups is 1. The van der Waals surface area contributed by atoms with E-state index in [4.69, 9.17) is 5.11 Å². The van der Waals surface area contributed by atoms with Crippen LogP contribution in [0, 0.1) is 5.41 Å². The van der Waals surface area contributed by atoms with E-state index in [0.717, 1.165) is 6.42 Å². The van der Waals surface area contributed by atoms with E-state index >= 15 is 0 Å². The van der Waals surface area contributed by atoms with Crippen LogP contribution in [0.1, 0.15) is 52.9 Å². The Morgan fingerprint density at radius 1 is 1.18 bits per heavy atom. The minimum atomic E-state index is 0.372. The molecule has 0 aromatic rings. The molecule has 1 aliphatic carbocycles. The van der Waals surface area contributed by atoms with Gasteiger partial charge < -0.3 is 5.11 Å². The SMILES string of the molecule is CC.CC1(CCO)CCCC1. The lowest BCUT2D eigenvalue weighted by atomic mass is 9.86. The van der Waals surface area contributed by atoms with Crippen molar-refractivity contribution in [3.05, 3.63) is 0 Å². The molecular weight excluding hydrogens is 136 g/mol. The highest BCUT2D eigenvalue weighted by atomic mass is 16.3. The van der Waals surface area contributed by atoms with Gasteiger partial charge in [-0.2, -0.15) is 0 Å². The van der Waals surface area contributed by atoms with Gasteiger partial charge in [-0.25, -0.2) is 0 Å². The molecule has 0 unspecified atom stereocenters. The molecule has 0 amide bonds. The predicted molar refractivity (Wildman–Crippen MR) is 49.6 cm³/mol. The maximum absolute atomic E-state index is 8.69. The maximum atomic E-state index is 8.69. The number of rotatable bonds is 2. The lowest BCUT2D eigenvalue weighted by Gasteiger charge is -2.21. The van der Waals surface area contributed by atoms with Gasteiger partial charge >= 0.3 is 0 Å². The minimum absolute atomic E-state index is 0.372. The number of hydrogen-bond donors (Lipinski definition) is 1. The first-order valence-corrected chi connectivity index (χ1v) is 4.88. The van der Waals surface area contributed by atoms with Gasteiger partial charge in [0.05, 0.1) is 0 Å².